The molecule has 0 aromatic heterocycles. The molecule has 1 aromatic carbocycles. The molecule has 1 heterocycles. The van der Waals surface area contributed by atoms with Gasteiger partial charge in [-0.05, 0) is 51.5 Å². The van der Waals surface area contributed by atoms with E-state index >= 15 is 0 Å². The number of benzene rings is 1. The monoisotopic (exact) mass is 436 g/mol. The molecule has 1 atom stereocenters. The van der Waals surface area contributed by atoms with Gasteiger partial charge in [0.1, 0.15) is 5.60 Å². The topological polar surface area (TPSA) is 32.8 Å². The van der Waals surface area contributed by atoms with Gasteiger partial charge >= 0.3 is 12.3 Å². The molecule has 146 valence electrons. The maximum atomic E-state index is 12.9. The SMILES string of the molecule is C[C@@H]1CN(Cc2cc(C(F)(F)F)ccc2Br)CCN1C(=O)OC(C)(C)C. The van der Waals surface area contributed by atoms with E-state index in [-0.39, 0.29) is 12.1 Å². The molecule has 0 aliphatic carbocycles. The lowest BCUT2D eigenvalue weighted by molar-refractivity contribution is -0.137. The molecular formula is C18H24BrF3N2O2. The molecule has 1 amide bonds. The first kappa shape index (κ1) is 21.0. The fourth-order valence-electron chi connectivity index (χ4n) is 2.88. The fourth-order valence-corrected chi connectivity index (χ4v) is 3.25. The van der Waals surface area contributed by atoms with E-state index in [0.717, 1.165) is 6.07 Å². The van der Waals surface area contributed by atoms with Crippen LogP contribution < -0.4 is 0 Å². The minimum absolute atomic E-state index is 0.0804. The minimum Gasteiger partial charge on any atom is -0.444 e. The summed E-state index contributed by atoms with van der Waals surface area (Å²) in [6.45, 7) is 9.38. The van der Waals surface area contributed by atoms with Crippen LogP contribution in [-0.4, -0.2) is 47.2 Å². The van der Waals surface area contributed by atoms with Crippen LogP contribution in [0.4, 0.5) is 18.0 Å². The van der Waals surface area contributed by atoms with E-state index in [1.54, 1.807) is 4.90 Å². The lowest BCUT2D eigenvalue weighted by Crippen LogP contribution is -2.54. The van der Waals surface area contributed by atoms with E-state index in [4.69, 9.17) is 4.74 Å². The summed E-state index contributed by atoms with van der Waals surface area (Å²) in [6.07, 6.45) is -4.72. The van der Waals surface area contributed by atoms with Crippen molar-refractivity contribution in [1.29, 1.82) is 0 Å². The van der Waals surface area contributed by atoms with Crippen LogP contribution in [0.15, 0.2) is 22.7 Å². The number of rotatable bonds is 2. The third-order valence-electron chi connectivity index (χ3n) is 4.11. The number of ether oxygens (including phenoxy) is 1. The summed E-state index contributed by atoms with van der Waals surface area (Å²) >= 11 is 3.33. The first-order chi connectivity index (χ1) is 11.9. The highest BCUT2D eigenvalue weighted by Gasteiger charge is 2.33. The van der Waals surface area contributed by atoms with Gasteiger partial charge in [-0.1, -0.05) is 15.9 Å². The lowest BCUT2D eigenvalue weighted by atomic mass is 10.1. The van der Waals surface area contributed by atoms with Crippen molar-refractivity contribution >= 4 is 22.0 Å². The van der Waals surface area contributed by atoms with Gasteiger partial charge in [-0.3, -0.25) is 4.90 Å². The summed E-state index contributed by atoms with van der Waals surface area (Å²) < 4.78 is 44.8. The molecule has 0 N–H and O–H groups in total. The summed E-state index contributed by atoms with van der Waals surface area (Å²) in [4.78, 5) is 16.0. The molecule has 0 bridgehead atoms. The average molecular weight is 437 g/mol. The Morgan fingerprint density at radius 2 is 1.92 bits per heavy atom. The molecule has 26 heavy (non-hydrogen) atoms. The number of hydrogen-bond acceptors (Lipinski definition) is 3. The summed E-state index contributed by atoms with van der Waals surface area (Å²) in [7, 11) is 0. The van der Waals surface area contributed by atoms with E-state index in [1.165, 1.54) is 12.1 Å². The number of alkyl halides is 3. The van der Waals surface area contributed by atoms with Gasteiger partial charge in [0, 0.05) is 36.7 Å². The second kappa shape index (κ2) is 7.76. The van der Waals surface area contributed by atoms with Crippen molar-refractivity contribution in [3.63, 3.8) is 0 Å². The molecule has 1 aliphatic heterocycles. The van der Waals surface area contributed by atoms with Crippen LogP contribution in [0.1, 0.15) is 38.8 Å². The Hall–Kier alpha value is -1.28. The van der Waals surface area contributed by atoms with E-state index in [1.807, 2.05) is 32.6 Å². The third kappa shape index (κ3) is 5.61. The number of amides is 1. The Balaban J connectivity index is 2.03. The highest BCUT2D eigenvalue weighted by atomic mass is 79.9. The first-order valence-corrected chi connectivity index (χ1v) is 9.24. The lowest BCUT2D eigenvalue weighted by Gasteiger charge is -2.40. The average Bonchev–Trinajstić information content (AvgIpc) is 2.46. The van der Waals surface area contributed by atoms with E-state index in [0.29, 0.717) is 36.2 Å². The van der Waals surface area contributed by atoms with Crippen LogP contribution >= 0.6 is 15.9 Å². The van der Waals surface area contributed by atoms with Gasteiger partial charge in [0.25, 0.3) is 0 Å². The molecule has 0 saturated carbocycles. The van der Waals surface area contributed by atoms with Gasteiger partial charge in [0.05, 0.1) is 5.56 Å². The molecular weight excluding hydrogens is 413 g/mol. The van der Waals surface area contributed by atoms with Crippen molar-refractivity contribution in [3.05, 3.63) is 33.8 Å². The quantitative estimate of drug-likeness (QED) is 0.660. The van der Waals surface area contributed by atoms with Crippen LogP contribution in [0.25, 0.3) is 0 Å². The maximum absolute atomic E-state index is 12.9. The minimum atomic E-state index is -4.36. The van der Waals surface area contributed by atoms with Crippen molar-refractivity contribution in [2.45, 2.75) is 52.1 Å². The normalized spacial score (nSPS) is 19.5. The van der Waals surface area contributed by atoms with Crippen molar-refractivity contribution in [1.82, 2.24) is 9.80 Å². The van der Waals surface area contributed by atoms with E-state index in [2.05, 4.69) is 15.9 Å². The molecule has 1 fully saturated rings. The molecule has 2 rings (SSSR count). The molecule has 1 saturated heterocycles. The summed E-state index contributed by atoms with van der Waals surface area (Å²) in [5.74, 6) is 0. The van der Waals surface area contributed by atoms with Crippen LogP contribution in [0.5, 0.6) is 0 Å². The summed E-state index contributed by atoms with van der Waals surface area (Å²) in [5, 5.41) is 0. The Morgan fingerprint density at radius 3 is 2.46 bits per heavy atom. The van der Waals surface area contributed by atoms with Crippen molar-refractivity contribution in [2.24, 2.45) is 0 Å². The number of carbonyl (C=O) groups excluding carboxylic acids is 1. The van der Waals surface area contributed by atoms with Crippen LogP contribution in [0.2, 0.25) is 0 Å². The molecule has 0 radical (unpaired) electrons. The van der Waals surface area contributed by atoms with Crippen molar-refractivity contribution in [2.75, 3.05) is 19.6 Å². The highest BCUT2D eigenvalue weighted by Crippen LogP contribution is 2.32. The third-order valence-corrected chi connectivity index (χ3v) is 4.88. The molecule has 0 unspecified atom stereocenters. The zero-order valence-electron chi connectivity index (χ0n) is 15.4. The van der Waals surface area contributed by atoms with Crippen LogP contribution in [0, 0.1) is 0 Å². The zero-order valence-corrected chi connectivity index (χ0v) is 16.9. The Bertz CT molecular complexity index is 659. The number of piperazine rings is 1. The molecule has 1 aromatic rings. The number of nitrogens with zero attached hydrogens (tertiary/aromatic N) is 2. The van der Waals surface area contributed by atoms with Crippen LogP contribution in [0.3, 0.4) is 0 Å². The number of carbonyl (C=O) groups is 1. The Kier molecular flexibility index (Phi) is 6.28. The van der Waals surface area contributed by atoms with Crippen molar-refractivity contribution < 1.29 is 22.7 Å². The van der Waals surface area contributed by atoms with E-state index < -0.39 is 17.3 Å². The van der Waals surface area contributed by atoms with Gasteiger partial charge in [-0.2, -0.15) is 13.2 Å². The van der Waals surface area contributed by atoms with Crippen LogP contribution in [-0.2, 0) is 17.5 Å². The van der Waals surface area contributed by atoms with Crippen molar-refractivity contribution in [3.8, 4) is 0 Å². The number of hydrogen-bond donors (Lipinski definition) is 0. The molecule has 0 spiro atoms. The standard InChI is InChI=1S/C18H24BrF3N2O2/c1-12-10-23(7-8-24(12)16(25)26-17(2,3)4)11-13-9-14(18(20,21)22)5-6-15(13)19/h5-6,9,12H,7-8,10-11H2,1-4H3/t12-/m1/s1. The predicted octanol–water partition coefficient (Wildman–Crippen LogP) is 4.91. The van der Waals surface area contributed by atoms with Gasteiger partial charge in [-0.15, -0.1) is 0 Å². The van der Waals surface area contributed by atoms with E-state index in [9.17, 15) is 18.0 Å². The smallest absolute Gasteiger partial charge is 0.416 e. The summed E-state index contributed by atoms with van der Waals surface area (Å²) in [6, 6.07) is 3.59. The maximum Gasteiger partial charge on any atom is 0.416 e. The fraction of sp³-hybridized carbons (Fsp3) is 0.611. The van der Waals surface area contributed by atoms with Gasteiger partial charge in [-0.25, -0.2) is 4.79 Å². The highest BCUT2D eigenvalue weighted by molar-refractivity contribution is 9.10. The largest absolute Gasteiger partial charge is 0.444 e. The van der Waals surface area contributed by atoms with Gasteiger partial charge < -0.3 is 9.64 Å². The van der Waals surface area contributed by atoms with Gasteiger partial charge in [0.2, 0.25) is 0 Å². The molecule has 4 nitrogen and oxygen atoms in total. The summed E-state index contributed by atoms with van der Waals surface area (Å²) in [5.41, 5.74) is -0.634. The molecule has 8 heteroatoms. The second-order valence-electron chi connectivity index (χ2n) is 7.56. The zero-order chi connectivity index (χ0) is 19.7. The Morgan fingerprint density at radius 1 is 1.27 bits per heavy atom. The second-order valence-corrected chi connectivity index (χ2v) is 8.42. The first-order valence-electron chi connectivity index (χ1n) is 8.44. The molecule has 1 aliphatic rings. The van der Waals surface area contributed by atoms with Gasteiger partial charge in [0.15, 0.2) is 0 Å². The Labute approximate surface area is 160 Å². The number of halogens is 4. The predicted molar refractivity (Wildman–Crippen MR) is 96.8 cm³/mol.